The predicted octanol–water partition coefficient (Wildman–Crippen LogP) is 6.25. The summed E-state index contributed by atoms with van der Waals surface area (Å²) in [6.45, 7) is 1.03. The van der Waals surface area contributed by atoms with Gasteiger partial charge in [0.05, 0.1) is 30.2 Å². The van der Waals surface area contributed by atoms with Gasteiger partial charge in [-0.15, -0.1) is 10.2 Å². The number of benzene rings is 3. The normalized spacial score (nSPS) is 11.2. The Bertz CT molecular complexity index is 1480. The van der Waals surface area contributed by atoms with Crippen molar-refractivity contribution in [2.24, 2.45) is 10.2 Å². The van der Waals surface area contributed by atoms with Gasteiger partial charge in [0.25, 0.3) is 0 Å². The molecule has 0 saturated carbocycles. The molecule has 0 aliphatic rings. The van der Waals surface area contributed by atoms with Crippen LogP contribution in [0.1, 0.15) is 11.4 Å². The Balaban J connectivity index is 1.57. The second kappa shape index (κ2) is 10.1. The highest BCUT2D eigenvalue weighted by atomic mass is 16.3. The van der Waals surface area contributed by atoms with Crippen LogP contribution in [0.5, 0.6) is 11.5 Å². The van der Waals surface area contributed by atoms with Crippen LogP contribution in [0.2, 0.25) is 0 Å². The lowest BCUT2D eigenvalue weighted by Crippen LogP contribution is -2.23. The molecule has 2 heterocycles. The summed E-state index contributed by atoms with van der Waals surface area (Å²) in [5.41, 5.74) is 10.1. The van der Waals surface area contributed by atoms with Crippen molar-refractivity contribution in [1.29, 1.82) is 0 Å². The van der Waals surface area contributed by atoms with E-state index in [0.717, 1.165) is 22.5 Å². The minimum atomic E-state index is -0.0128. The van der Waals surface area contributed by atoms with Crippen molar-refractivity contribution in [2.45, 2.75) is 13.1 Å². The van der Waals surface area contributed by atoms with Gasteiger partial charge in [0.1, 0.15) is 22.9 Å². The number of rotatable bonds is 7. The number of nitrogens with zero attached hydrogens (tertiary/aromatic N) is 5. The highest BCUT2D eigenvalue weighted by Crippen LogP contribution is 2.39. The lowest BCUT2D eigenvalue weighted by molar-refractivity contribution is 0.474. The molecule has 0 radical (unpaired) electrons. The number of anilines is 2. The third-order valence-corrected chi connectivity index (χ3v) is 5.71. The van der Waals surface area contributed by atoms with E-state index in [1.807, 2.05) is 48.5 Å². The first kappa shape index (κ1) is 22.8. The molecule has 0 amide bonds. The number of pyridine rings is 2. The number of aromatic nitrogens is 2. The topological polar surface area (TPSA) is 120 Å². The van der Waals surface area contributed by atoms with E-state index >= 15 is 0 Å². The lowest BCUT2D eigenvalue weighted by atomic mass is 10.1. The molecule has 5 rings (SSSR count). The van der Waals surface area contributed by atoms with Gasteiger partial charge in [-0.2, -0.15) is 0 Å². The number of nitrogen functional groups attached to an aromatic ring is 1. The van der Waals surface area contributed by atoms with E-state index in [4.69, 9.17) is 5.73 Å². The summed E-state index contributed by atoms with van der Waals surface area (Å²) in [4.78, 5) is 11.1. The zero-order valence-corrected chi connectivity index (χ0v) is 19.4. The monoisotopic (exact) mass is 476 g/mol. The first-order chi connectivity index (χ1) is 17.6. The van der Waals surface area contributed by atoms with Crippen LogP contribution >= 0.6 is 0 Å². The Morgan fingerprint density at radius 2 is 1.47 bits per heavy atom. The van der Waals surface area contributed by atoms with Gasteiger partial charge in [0.2, 0.25) is 0 Å². The summed E-state index contributed by atoms with van der Waals surface area (Å²) in [6, 6.07) is 25.2. The molecule has 4 N–H and O–H groups in total. The first-order valence-electron chi connectivity index (χ1n) is 11.4. The number of nitrogens with two attached hydrogens (primary N) is 1. The largest absolute Gasteiger partial charge is 0.508 e. The first-order valence-corrected chi connectivity index (χ1v) is 11.4. The Morgan fingerprint density at radius 1 is 0.750 bits per heavy atom. The van der Waals surface area contributed by atoms with Crippen LogP contribution < -0.4 is 10.6 Å². The standard InChI is InChI=1S/C28H24N6O2/c29-20-8-11-26(34(17-21-5-1-3-13-30-21)18-22-6-2-4-14-31-22)25(16-20)32-33-28-24-10-9-23(35)15-19(24)7-12-27(28)36/h1-16,35-36H,17-18,29H2/b33-32+. The van der Waals surface area contributed by atoms with E-state index in [-0.39, 0.29) is 11.5 Å². The summed E-state index contributed by atoms with van der Waals surface area (Å²) < 4.78 is 0. The van der Waals surface area contributed by atoms with Gasteiger partial charge >= 0.3 is 0 Å². The van der Waals surface area contributed by atoms with Gasteiger partial charge in [-0.3, -0.25) is 9.97 Å². The smallest absolute Gasteiger partial charge is 0.143 e. The van der Waals surface area contributed by atoms with E-state index in [9.17, 15) is 10.2 Å². The summed E-state index contributed by atoms with van der Waals surface area (Å²) >= 11 is 0. The molecule has 0 aliphatic carbocycles. The average molecular weight is 477 g/mol. The van der Waals surface area contributed by atoms with Crippen LogP contribution in [0.15, 0.2) is 108 Å². The Hall–Kier alpha value is -4.98. The molecule has 0 fully saturated rings. The van der Waals surface area contributed by atoms with Crippen LogP contribution in [0.3, 0.4) is 0 Å². The number of phenolic OH excluding ortho intramolecular Hbond substituents is 2. The minimum Gasteiger partial charge on any atom is -0.508 e. The molecule has 0 aliphatic heterocycles. The zero-order valence-electron chi connectivity index (χ0n) is 19.4. The summed E-state index contributed by atoms with van der Waals surface area (Å²) in [7, 11) is 0. The number of hydrogen-bond donors (Lipinski definition) is 3. The number of phenols is 2. The summed E-state index contributed by atoms with van der Waals surface area (Å²) in [6.07, 6.45) is 3.53. The molecule has 5 aromatic rings. The molecule has 0 spiro atoms. The fourth-order valence-corrected chi connectivity index (χ4v) is 3.99. The van der Waals surface area contributed by atoms with Crippen LogP contribution in [0.25, 0.3) is 10.8 Å². The molecule has 2 aromatic heterocycles. The molecule has 8 heteroatoms. The van der Waals surface area contributed by atoms with Gasteiger partial charge in [0.15, 0.2) is 0 Å². The fraction of sp³-hybridized carbons (Fsp3) is 0.0714. The Kier molecular flexibility index (Phi) is 6.40. The zero-order chi connectivity index (χ0) is 24.9. The van der Waals surface area contributed by atoms with Crippen molar-refractivity contribution >= 4 is 33.5 Å². The molecule has 0 bridgehead atoms. The minimum absolute atomic E-state index is 0.0128. The maximum atomic E-state index is 10.5. The SMILES string of the molecule is Nc1ccc(N(Cc2ccccn2)Cc2ccccn2)c(/N=N/c2c(O)ccc3cc(O)ccc23)c1. The van der Waals surface area contributed by atoms with Gasteiger partial charge in [0, 0.05) is 23.5 Å². The van der Waals surface area contributed by atoms with Crippen molar-refractivity contribution < 1.29 is 10.2 Å². The highest BCUT2D eigenvalue weighted by molar-refractivity contribution is 5.96. The maximum Gasteiger partial charge on any atom is 0.143 e. The maximum absolute atomic E-state index is 10.5. The van der Waals surface area contributed by atoms with Crippen molar-refractivity contribution in [3.63, 3.8) is 0 Å². The van der Waals surface area contributed by atoms with E-state index < -0.39 is 0 Å². The van der Waals surface area contributed by atoms with Crippen LogP contribution in [-0.2, 0) is 13.1 Å². The van der Waals surface area contributed by atoms with E-state index in [1.54, 1.807) is 42.7 Å². The molecule has 0 saturated heterocycles. The molecule has 178 valence electrons. The van der Waals surface area contributed by atoms with E-state index in [0.29, 0.717) is 35.5 Å². The number of azo groups is 1. The molecular weight excluding hydrogens is 452 g/mol. The molecule has 36 heavy (non-hydrogen) atoms. The number of aromatic hydroxyl groups is 2. The fourth-order valence-electron chi connectivity index (χ4n) is 3.99. The van der Waals surface area contributed by atoms with Crippen LogP contribution in [-0.4, -0.2) is 20.2 Å². The van der Waals surface area contributed by atoms with Crippen molar-refractivity contribution in [1.82, 2.24) is 9.97 Å². The third kappa shape index (κ3) is 5.07. The third-order valence-electron chi connectivity index (χ3n) is 5.71. The predicted molar refractivity (Wildman–Crippen MR) is 141 cm³/mol. The number of fused-ring (bicyclic) bond motifs is 1. The van der Waals surface area contributed by atoms with Crippen molar-refractivity contribution in [2.75, 3.05) is 10.6 Å². The second-order valence-electron chi connectivity index (χ2n) is 8.29. The van der Waals surface area contributed by atoms with Crippen LogP contribution in [0.4, 0.5) is 22.7 Å². The number of hydrogen-bond acceptors (Lipinski definition) is 8. The second-order valence-corrected chi connectivity index (χ2v) is 8.29. The van der Waals surface area contributed by atoms with Crippen LogP contribution in [0, 0.1) is 0 Å². The molecule has 8 nitrogen and oxygen atoms in total. The molecular formula is C28H24N6O2. The average Bonchev–Trinajstić information content (AvgIpc) is 2.89. The van der Waals surface area contributed by atoms with Crippen molar-refractivity contribution in [3.8, 4) is 11.5 Å². The Labute approximate surface area is 208 Å². The molecule has 3 aromatic carbocycles. The molecule has 0 unspecified atom stereocenters. The lowest BCUT2D eigenvalue weighted by Gasteiger charge is -2.25. The molecule has 0 atom stereocenters. The Morgan fingerprint density at radius 3 is 2.14 bits per heavy atom. The van der Waals surface area contributed by atoms with Crippen molar-refractivity contribution in [3.05, 3.63) is 109 Å². The van der Waals surface area contributed by atoms with Gasteiger partial charge < -0.3 is 20.8 Å². The van der Waals surface area contributed by atoms with Gasteiger partial charge in [-0.05, 0) is 72.1 Å². The van der Waals surface area contributed by atoms with E-state index in [2.05, 4.69) is 25.1 Å². The highest BCUT2D eigenvalue weighted by Gasteiger charge is 2.15. The summed E-state index contributed by atoms with van der Waals surface area (Å²) in [5, 5.41) is 30.7. The van der Waals surface area contributed by atoms with Gasteiger partial charge in [-0.1, -0.05) is 18.2 Å². The summed E-state index contributed by atoms with van der Waals surface area (Å²) in [5.74, 6) is 0.120. The van der Waals surface area contributed by atoms with Gasteiger partial charge in [-0.25, -0.2) is 0 Å². The van der Waals surface area contributed by atoms with E-state index in [1.165, 1.54) is 6.07 Å². The quantitative estimate of drug-likeness (QED) is 0.189.